The van der Waals surface area contributed by atoms with E-state index in [1.54, 1.807) is 0 Å². The zero-order valence-electron chi connectivity index (χ0n) is 9.40. The number of thiocarbonyl (C=S) groups is 1. The lowest BCUT2D eigenvalue weighted by atomic mass is 10.1. The van der Waals surface area contributed by atoms with Gasteiger partial charge >= 0.3 is 0 Å². The van der Waals surface area contributed by atoms with Crippen molar-refractivity contribution in [1.82, 2.24) is 9.80 Å². The molecule has 0 saturated carbocycles. The summed E-state index contributed by atoms with van der Waals surface area (Å²) in [5.74, 6) is 0.331. The van der Waals surface area contributed by atoms with Gasteiger partial charge in [0.1, 0.15) is 0 Å². The highest BCUT2D eigenvalue weighted by Gasteiger charge is 2.22. The van der Waals surface area contributed by atoms with Gasteiger partial charge in [-0.3, -0.25) is 9.69 Å². The Hall–Kier alpha value is -0.680. The lowest BCUT2D eigenvalue weighted by Gasteiger charge is -2.35. The third kappa shape index (κ3) is 3.76. The fourth-order valence-corrected chi connectivity index (χ4v) is 1.89. The van der Waals surface area contributed by atoms with Gasteiger partial charge in [-0.15, -0.1) is 0 Å². The van der Waals surface area contributed by atoms with E-state index in [1.165, 1.54) is 0 Å². The van der Waals surface area contributed by atoms with E-state index >= 15 is 0 Å². The van der Waals surface area contributed by atoms with Crippen molar-refractivity contribution in [2.75, 3.05) is 32.7 Å². The predicted octanol–water partition coefficient (Wildman–Crippen LogP) is 0.0727. The van der Waals surface area contributed by atoms with Crippen molar-refractivity contribution in [2.24, 2.45) is 11.7 Å². The topological polar surface area (TPSA) is 49.6 Å². The van der Waals surface area contributed by atoms with E-state index in [-0.39, 0.29) is 11.8 Å². The van der Waals surface area contributed by atoms with Crippen molar-refractivity contribution < 1.29 is 4.79 Å². The minimum atomic E-state index is 0.0899. The molecule has 1 saturated heterocycles. The summed E-state index contributed by atoms with van der Waals surface area (Å²) in [6, 6.07) is 0. The number of amides is 1. The van der Waals surface area contributed by atoms with Gasteiger partial charge in [0.05, 0.1) is 4.99 Å². The van der Waals surface area contributed by atoms with Crippen LogP contribution in [0.25, 0.3) is 0 Å². The first-order chi connectivity index (χ1) is 7.00. The second-order valence-corrected chi connectivity index (χ2v) is 4.75. The van der Waals surface area contributed by atoms with Gasteiger partial charge in [-0.05, 0) is 0 Å². The van der Waals surface area contributed by atoms with Crippen LogP contribution in [0.1, 0.15) is 13.8 Å². The Morgan fingerprint density at radius 3 is 2.27 bits per heavy atom. The molecule has 0 aromatic heterocycles. The molecule has 1 amide bonds. The molecule has 15 heavy (non-hydrogen) atoms. The minimum absolute atomic E-state index is 0.0899. The molecular weight excluding hydrogens is 210 g/mol. The molecule has 1 aliphatic rings. The number of rotatable bonds is 3. The van der Waals surface area contributed by atoms with E-state index < -0.39 is 0 Å². The fourth-order valence-electron chi connectivity index (χ4n) is 1.71. The maximum Gasteiger partial charge on any atom is 0.225 e. The molecule has 0 atom stereocenters. The van der Waals surface area contributed by atoms with Crippen LogP contribution in [0.3, 0.4) is 0 Å². The van der Waals surface area contributed by atoms with Crippen LogP contribution in [-0.4, -0.2) is 53.4 Å². The lowest BCUT2D eigenvalue weighted by molar-refractivity contribution is -0.136. The van der Waals surface area contributed by atoms with Gasteiger partial charge in [-0.2, -0.15) is 0 Å². The van der Waals surface area contributed by atoms with Crippen molar-refractivity contribution in [3.05, 3.63) is 0 Å². The summed E-state index contributed by atoms with van der Waals surface area (Å²) in [7, 11) is 0. The van der Waals surface area contributed by atoms with E-state index in [1.807, 2.05) is 18.7 Å². The highest BCUT2D eigenvalue weighted by molar-refractivity contribution is 7.80. The molecule has 0 bridgehead atoms. The predicted molar refractivity (Wildman–Crippen MR) is 64.6 cm³/mol. The van der Waals surface area contributed by atoms with Gasteiger partial charge in [-0.1, -0.05) is 26.1 Å². The number of hydrogen-bond acceptors (Lipinski definition) is 3. The van der Waals surface area contributed by atoms with Crippen molar-refractivity contribution in [3.8, 4) is 0 Å². The molecule has 2 N–H and O–H groups in total. The van der Waals surface area contributed by atoms with E-state index in [0.717, 1.165) is 26.2 Å². The summed E-state index contributed by atoms with van der Waals surface area (Å²) < 4.78 is 0. The van der Waals surface area contributed by atoms with Gasteiger partial charge in [0.15, 0.2) is 0 Å². The molecular formula is C10H19N3OS. The lowest BCUT2D eigenvalue weighted by Crippen LogP contribution is -2.51. The van der Waals surface area contributed by atoms with E-state index in [9.17, 15) is 4.79 Å². The Morgan fingerprint density at radius 1 is 1.33 bits per heavy atom. The quantitative estimate of drug-likeness (QED) is 0.696. The molecule has 1 fully saturated rings. The van der Waals surface area contributed by atoms with Crippen LogP contribution in [0.15, 0.2) is 0 Å². The molecule has 4 nitrogen and oxygen atoms in total. The largest absolute Gasteiger partial charge is 0.392 e. The van der Waals surface area contributed by atoms with E-state index in [0.29, 0.717) is 11.5 Å². The number of carbonyl (C=O) groups excluding carboxylic acids is 1. The van der Waals surface area contributed by atoms with Crippen LogP contribution in [0.2, 0.25) is 0 Å². The van der Waals surface area contributed by atoms with Crippen LogP contribution in [-0.2, 0) is 4.79 Å². The van der Waals surface area contributed by atoms with Gasteiger partial charge < -0.3 is 10.6 Å². The molecule has 0 aliphatic carbocycles. The van der Waals surface area contributed by atoms with Crippen molar-refractivity contribution in [2.45, 2.75) is 13.8 Å². The highest BCUT2D eigenvalue weighted by Crippen LogP contribution is 2.06. The first kappa shape index (κ1) is 12.4. The zero-order valence-corrected chi connectivity index (χ0v) is 10.2. The Morgan fingerprint density at radius 2 is 1.87 bits per heavy atom. The normalized spacial score (nSPS) is 18.2. The number of nitrogens with zero attached hydrogens (tertiary/aromatic N) is 2. The molecule has 0 aromatic rings. The third-order valence-corrected chi connectivity index (χ3v) is 2.69. The molecule has 0 unspecified atom stereocenters. The summed E-state index contributed by atoms with van der Waals surface area (Å²) >= 11 is 4.85. The standard InChI is InChI=1S/C10H19N3OS/c1-8(2)10(14)13-5-3-12(4-6-13)7-9(11)15/h8H,3-7H2,1-2H3,(H2,11,15). The number of piperazine rings is 1. The number of carbonyl (C=O) groups is 1. The van der Waals surface area contributed by atoms with Gasteiger partial charge in [0.2, 0.25) is 5.91 Å². The maximum absolute atomic E-state index is 11.7. The van der Waals surface area contributed by atoms with Crippen LogP contribution in [0, 0.1) is 5.92 Å². The smallest absolute Gasteiger partial charge is 0.225 e. The Bertz CT molecular complexity index is 247. The summed E-state index contributed by atoms with van der Waals surface area (Å²) in [5, 5.41) is 0. The summed E-state index contributed by atoms with van der Waals surface area (Å²) in [6.07, 6.45) is 0. The number of hydrogen-bond donors (Lipinski definition) is 1. The molecule has 1 rings (SSSR count). The molecule has 0 aromatic carbocycles. The summed E-state index contributed by atoms with van der Waals surface area (Å²) in [4.78, 5) is 16.3. The van der Waals surface area contributed by atoms with Crippen LogP contribution < -0.4 is 5.73 Å². The second-order valence-electron chi connectivity index (χ2n) is 4.22. The van der Waals surface area contributed by atoms with Crippen LogP contribution in [0.5, 0.6) is 0 Å². The third-order valence-electron chi connectivity index (χ3n) is 2.56. The van der Waals surface area contributed by atoms with Crippen LogP contribution >= 0.6 is 12.2 Å². The van der Waals surface area contributed by atoms with Gasteiger partial charge in [0, 0.05) is 38.6 Å². The average Bonchev–Trinajstić information content (AvgIpc) is 2.17. The first-order valence-corrected chi connectivity index (χ1v) is 5.71. The molecule has 0 radical (unpaired) electrons. The highest BCUT2D eigenvalue weighted by atomic mass is 32.1. The van der Waals surface area contributed by atoms with Crippen molar-refractivity contribution in [1.29, 1.82) is 0 Å². The Balaban J connectivity index is 2.35. The molecule has 0 spiro atoms. The summed E-state index contributed by atoms with van der Waals surface area (Å²) in [5.41, 5.74) is 5.48. The Labute approximate surface area is 96.4 Å². The van der Waals surface area contributed by atoms with E-state index in [2.05, 4.69) is 4.90 Å². The first-order valence-electron chi connectivity index (χ1n) is 5.30. The van der Waals surface area contributed by atoms with Crippen molar-refractivity contribution in [3.63, 3.8) is 0 Å². The van der Waals surface area contributed by atoms with Gasteiger partial charge in [-0.25, -0.2) is 0 Å². The van der Waals surface area contributed by atoms with Gasteiger partial charge in [0.25, 0.3) is 0 Å². The molecule has 86 valence electrons. The summed E-state index contributed by atoms with van der Waals surface area (Å²) in [6.45, 7) is 7.86. The second kappa shape index (κ2) is 5.42. The maximum atomic E-state index is 11.7. The fraction of sp³-hybridized carbons (Fsp3) is 0.800. The zero-order chi connectivity index (χ0) is 11.4. The van der Waals surface area contributed by atoms with E-state index in [4.69, 9.17) is 18.0 Å². The Kier molecular flexibility index (Phi) is 4.47. The minimum Gasteiger partial charge on any atom is -0.392 e. The molecule has 1 heterocycles. The molecule has 1 aliphatic heterocycles. The van der Waals surface area contributed by atoms with Crippen molar-refractivity contribution >= 4 is 23.1 Å². The SMILES string of the molecule is CC(C)C(=O)N1CCN(CC(N)=S)CC1. The average molecular weight is 229 g/mol. The number of nitrogens with two attached hydrogens (primary N) is 1. The van der Waals surface area contributed by atoms with Crippen LogP contribution in [0.4, 0.5) is 0 Å². The monoisotopic (exact) mass is 229 g/mol. The molecule has 5 heteroatoms.